The Kier molecular flexibility index (Phi) is 13.0. The van der Waals surface area contributed by atoms with Crippen molar-refractivity contribution in [1.29, 1.82) is 0 Å². The number of pyridine rings is 2. The van der Waals surface area contributed by atoms with Crippen molar-refractivity contribution >= 4 is 47.2 Å². The quantitative estimate of drug-likeness (QED) is 0.214. The van der Waals surface area contributed by atoms with Crippen LogP contribution in [0.25, 0.3) is 10.8 Å². The number of rotatable bonds is 12. The molecule has 0 aliphatic carbocycles. The molecule has 0 aliphatic heterocycles. The van der Waals surface area contributed by atoms with Crippen molar-refractivity contribution in [3.63, 3.8) is 0 Å². The van der Waals surface area contributed by atoms with Crippen molar-refractivity contribution < 1.29 is 9.53 Å². The van der Waals surface area contributed by atoms with Gasteiger partial charge in [0.25, 0.3) is 11.5 Å². The number of halogens is 2. The number of hydrogen-bond acceptors (Lipinski definition) is 5. The van der Waals surface area contributed by atoms with Crippen LogP contribution in [0, 0.1) is 5.92 Å². The molecule has 0 radical (unpaired) electrons. The summed E-state index contributed by atoms with van der Waals surface area (Å²) in [6.07, 6.45) is 5.20. The van der Waals surface area contributed by atoms with Crippen LogP contribution < -0.4 is 20.5 Å². The van der Waals surface area contributed by atoms with E-state index in [1.165, 1.54) is 0 Å². The second-order valence-electron chi connectivity index (χ2n) is 9.91. The molecule has 4 rings (SSSR count). The van der Waals surface area contributed by atoms with E-state index in [2.05, 4.69) is 42.2 Å². The van der Waals surface area contributed by atoms with Crippen LogP contribution in [0.15, 0.2) is 83.9 Å². The maximum absolute atomic E-state index is 12.8. The first kappa shape index (κ1) is 32.7. The van der Waals surface area contributed by atoms with Gasteiger partial charge in [-0.15, -0.1) is 24.8 Å². The normalized spacial score (nSPS) is 10.5. The lowest BCUT2D eigenvalue weighted by atomic mass is 10.1. The molecule has 7 nitrogen and oxygen atoms in total. The Labute approximate surface area is 248 Å². The summed E-state index contributed by atoms with van der Waals surface area (Å²) in [5, 5.41) is 4.62. The van der Waals surface area contributed by atoms with Gasteiger partial charge in [-0.2, -0.15) is 0 Å². The standard InChI is InChI=1S/C31H36N4O3.2ClH/c1-23(2)22-33-30(36)25-9-11-28(12-10-25)38-20-6-17-34(3)27-13-16-32-26(21-27)15-19-35-18-14-24-7-4-5-8-29(24)31(35)37;;/h4-5,7-14,16,18,21,23H,6,15,17,19-20,22H2,1-3H3,(H,33,36);2*1H. The predicted molar refractivity (Wildman–Crippen MR) is 168 cm³/mol. The summed E-state index contributed by atoms with van der Waals surface area (Å²) in [7, 11) is 2.05. The van der Waals surface area contributed by atoms with E-state index >= 15 is 0 Å². The number of aromatic nitrogens is 2. The van der Waals surface area contributed by atoms with Gasteiger partial charge in [-0.3, -0.25) is 14.6 Å². The highest BCUT2D eigenvalue weighted by atomic mass is 35.5. The van der Waals surface area contributed by atoms with Crippen LogP contribution in [0.3, 0.4) is 0 Å². The number of amides is 1. The van der Waals surface area contributed by atoms with E-state index in [9.17, 15) is 9.59 Å². The van der Waals surface area contributed by atoms with E-state index in [1.54, 1.807) is 16.7 Å². The lowest BCUT2D eigenvalue weighted by Gasteiger charge is -2.20. The average molecular weight is 586 g/mol. The van der Waals surface area contributed by atoms with E-state index in [0.29, 0.717) is 37.6 Å². The van der Waals surface area contributed by atoms with Gasteiger partial charge in [0, 0.05) is 67.8 Å². The molecule has 0 spiro atoms. The summed E-state index contributed by atoms with van der Waals surface area (Å²) >= 11 is 0. The van der Waals surface area contributed by atoms with E-state index in [0.717, 1.165) is 40.9 Å². The Morgan fingerprint density at radius 2 is 1.80 bits per heavy atom. The van der Waals surface area contributed by atoms with Crippen LogP contribution in [0.1, 0.15) is 36.3 Å². The molecule has 0 fully saturated rings. The molecule has 9 heteroatoms. The number of benzene rings is 2. The topological polar surface area (TPSA) is 76.5 Å². The number of fused-ring (bicyclic) bond motifs is 1. The van der Waals surface area contributed by atoms with Gasteiger partial charge in [-0.05, 0) is 66.3 Å². The summed E-state index contributed by atoms with van der Waals surface area (Å²) in [6, 6.07) is 21.0. The molecule has 2 aromatic carbocycles. The number of hydrogen-bond donors (Lipinski definition) is 1. The summed E-state index contributed by atoms with van der Waals surface area (Å²) in [6.45, 7) is 6.78. The molecular weight excluding hydrogens is 547 g/mol. The van der Waals surface area contributed by atoms with Gasteiger partial charge in [0.05, 0.1) is 6.61 Å². The minimum absolute atomic E-state index is 0. The fourth-order valence-electron chi connectivity index (χ4n) is 4.20. The molecule has 214 valence electrons. The number of ether oxygens (including phenoxy) is 1. The SMILES string of the molecule is CC(C)CNC(=O)c1ccc(OCCCN(C)c2ccnc(CCn3ccc4ccccc4c3=O)c2)cc1.Cl.Cl. The molecule has 0 saturated carbocycles. The van der Waals surface area contributed by atoms with Crippen LogP contribution >= 0.6 is 24.8 Å². The summed E-state index contributed by atoms with van der Waals surface area (Å²) in [5.41, 5.74) is 2.69. The van der Waals surface area contributed by atoms with Gasteiger partial charge in [0.1, 0.15) is 5.75 Å². The van der Waals surface area contributed by atoms with E-state index in [-0.39, 0.29) is 36.3 Å². The van der Waals surface area contributed by atoms with Gasteiger partial charge in [-0.1, -0.05) is 32.0 Å². The maximum Gasteiger partial charge on any atom is 0.258 e. The third-order valence-corrected chi connectivity index (χ3v) is 6.43. The van der Waals surface area contributed by atoms with Gasteiger partial charge in [0.15, 0.2) is 0 Å². The zero-order valence-electron chi connectivity index (χ0n) is 23.2. The van der Waals surface area contributed by atoms with Crippen LogP contribution in [-0.4, -0.2) is 42.2 Å². The van der Waals surface area contributed by atoms with Crippen LogP contribution in [0.2, 0.25) is 0 Å². The third kappa shape index (κ3) is 9.00. The lowest BCUT2D eigenvalue weighted by Crippen LogP contribution is -2.27. The molecule has 0 atom stereocenters. The Hall–Kier alpha value is -3.55. The average Bonchev–Trinajstić information content (AvgIpc) is 2.94. The summed E-state index contributed by atoms with van der Waals surface area (Å²) in [5.74, 6) is 1.11. The van der Waals surface area contributed by atoms with Gasteiger partial charge < -0.3 is 19.5 Å². The lowest BCUT2D eigenvalue weighted by molar-refractivity contribution is 0.0949. The van der Waals surface area contributed by atoms with Crippen molar-refractivity contribution in [1.82, 2.24) is 14.9 Å². The Bertz CT molecular complexity index is 1420. The highest BCUT2D eigenvalue weighted by Gasteiger charge is 2.08. The number of carbonyl (C=O) groups excluding carboxylic acids is 1. The molecule has 1 N–H and O–H groups in total. The molecule has 0 unspecified atom stereocenters. The Morgan fingerprint density at radius 1 is 1.05 bits per heavy atom. The number of aryl methyl sites for hydroxylation is 2. The number of nitrogens with one attached hydrogen (secondary N) is 1. The second-order valence-corrected chi connectivity index (χ2v) is 9.91. The van der Waals surface area contributed by atoms with Crippen LogP contribution in [-0.2, 0) is 13.0 Å². The predicted octanol–water partition coefficient (Wildman–Crippen LogP) is 5.77. The number of nitrogens with zero attached hydrogens (tertiary/aromatic N) is 3. The van der Waals surface area contributed by atoms with Crippen molar-refractivity contribution in [3.8, 4) is 5.75 Å². The van der Waals surface area contributed by atoms with Crippen LogP contribution in [0.5, 0.6) is 5.75 Å². The zero-order chi connectivity index (χ0) is 26.9. The van der Waals surface area contributed by atoms with Crippen molar-refractivity contribution in [2.24, 2.45) is 5.92 Å². The minimum Gasteiger partial charge on any atom is -0.494 e. The van der Waals surface area contributed by atoms with Gasteiger partial charge in [-0.25, -0.2) is 0 Å². The number of anilines is 1. The van der Waals surface area contributed by atoms with Gasteiger partial charge >= 0.3 is 0 Å². The molecule has 2 heterocycles. The first-order valence-electron chi connectivity index (χ1n) is 13.2. The molecule has 0 bridgehead atoms. The molecule has 0 saturated heterocycles. The number of carbonyl (C=O) groups is 1. The Balaban J connectivity index is 0.00000280. The first-order valence-corrected chi connectivity index (χ1v) is 13.2. The molecular formula is C31H38Cl2N4O3. The van der Waals surface area contributed by atoms with E-state index < -0.39 is 0 Å². The first-order chi connectivity index (χ1) is 18.4. The van der Waals surface area contributed by atoms with Crippen LogP contribution in [0.4, 0.5) is 5.69 Å². The fourth-order valence-corrected chi connectivity index (χ4v) is 4.20. The minimum atomic E-state index is -0.0621. The van der Waals surface area contributed by atoms with Gasteiger partial charge in [0.2, 0.25) is 0 Å². The summed E-state index contributed by atoms with van der Waals surface area (Å²) < 4.78 is 7.63. The third-order valence-electron chi connectivity index (χ3n) is 6.43. The van der Waals surface area contributed by atoms with E-state index in [1.807, 2.05) is 60.9 Å². The molecule has 2 aromatic heterocycles. The molecule has 4 aromatic rings. The maximum atomic E-state index is 12.8. The van der Waals surface area contributed by atoms with Crippen molar-refractivity contribution in [2.75, 3.05) is 31.6 Å². The smallest absolute Gasteiger partial charge is 0.258 e. The Morgan fingerprint density at radius 3 is 2.55 bits per heavy atom. The highest BCUT2D eigenvalue weighted by Crippen LogP contribution is 2.16. The monoisotopic (exact) mass is 584 g/mol. The largest absolute Gasteiger partial charge is 0.494 e. The summed E-state index contributed by atoms with van der Waals surface area (Å²) in [4.78, 5) is 31.6. The molecule has 40 heavy (non-hydrogen) atoms. The van der Waals surface area contributed by atoms with E-state index in [4.69, 9.17) is 4.74 Å². The van der Waals surface area contributed by atoms with Crippen molar-refractivity contribution in [3.05, 3.63) is 101 Å². The highest BCUT2D eigenvalue weighted by molar-refractivity contribution is 5.94. The second kappa shape index (κ2) is 15.9. The zero-order valence-corrected chi connectivity index (χ0v) is 24.8. The molecule has 1 amide bonds. The molecule has 0 aliphatic rings. The van der Waals surface area contributed by atoms with Crippen molar-refractivity contribution in [2.45, 2.75) is 33.2 Å². The fraction of sp³-hybridized carbons (Fsp3) is 0.323.